The smallest absolute Gasteiger partial charge is 0.150 e. The van der Waals surface area contributed by atoms with Crippen molar-refractivity contribution in [2.45, 2.75) is 0 Å². The first kappa shape index (κ1) is 18.9. The third-order valence-corrected chi connectivity index (χ3v) is 2.66. The minimum absolute atomic E-state index is 0.331. The Bertz CT molecular complexity index is 475. The number of carbonyl (C=O) groups is 1. The second-order valence-electron chi connectivity index (χ2n) is 4.33. The summed E-state index contributed by atoms with van der Waals surface area (Å²) in [7, 11) is 0. The van der Waals surface area contributed by atoms with Crippen LogP contribution in [0.2, 0.25) is 0 Å². The quantitative estimate of drug-likeness (QED) is 0.172. The van der Waals surface area contributed by atoms with Crippen LogP contribution in [0.25, 0.3) is 10.4 Å². The normalized spacial score (nSPS) is 10.1. The first-order chi connectivity index (χ1) is 11.4. The number of azide groups is 1. The number of rotatable bonds is 14. The molecule has 0 saturated heterocycles. The third kappa shape index (κ3) is 10.3. The van der Waals surface area contributed by atoms with Crippen molar-refractivity contribution >= 4 is 6.29 Å². The van der Waals surface area contributed by atoms with Gasteiger partial charge in [0.05, 0.1) is 39.6 Å². The fraction of sp³-hybridized carbons (Fsp3) is 0.533. The van der Waals surface area contributed by atoms with Crippen LogP contribution in [0.4, 0.5) is 0 Å². The highest BCUT2D eigenvalue weighted by Gasteiger charge is 1.95. The van der Waals surface area contributed by atoms with Gasteiger partial charge in [0.25, 0.3) is 0 Å². The standard InChI is InChI=1S/C15H21N3O5/c16-18-17-5-6-20-7-8-21-9-10-22-11-12-23-15-3-1-14(13-19)2-4-15/h1-4,13H,5-12H2. The Morgan fingerprint density at radius 1 is 0.913 bits per heavy atom. The molecule has 0 atom stereocenters. The number of nitrogens with zero attached hydrogens (tertiary/aromatic N) is 3. The van der Waals surface area contributed by atoms with Gasteiger partial charge in [-0.3, -0.25) is 4.79 Å². The summed E-state index contributed by atoms with van der Waals surface area (Å²) in [5, 5.41) is 3.35. The van der Waals surface area contributed by atoms with Crippen molar-refractivity contribution in [3.05, 3.63) is 40.3 Å². The van der Waals surface area contributed by atoms with Crippen molar-refractivity contribution < 1.29 is 23.7 Å². The lowest BCUT2D eigenvalue weighted by Gasteiger charge is -2.08. The van der Waals surface area contributed by atoms with Gasteiger partial charge in [-0.25, -0.2) is 0 Å². The van der Waals surface area contributed by atoms with Gasteiger partial charge in [0, 0.05) is 17.0 Å². The van der Waals surface area contributed by atoms with Crippen LogP contribution in [0, 0.1) is 0 Å². The summed E-state index contributed by atoms with van der Waals surface area (Å²) >= 11 is 0. The topological polar surface area (TPSA) is 103 Å². The zero-order valence-corrected chi connectivity index (χ0v) is 12.9. The van der Waals surface area contributed by atoms with Gasteiger partial charge in [-0.05, 0) is 29.8 Å². The Labute approximate surface area is 134 Å². The van der Waals surface area contributed by atoms with Gasteiger partial charge in [-0.2, -0.15) is 0 Å². The first-order valence-corrected chi connectivity index (χ1v) is 7.29. The van der Waals surface area contributed by atoms with Crippen LogP contribution in [-0.4, -0.2) is 59.1 Å². The van der Waals surface area contributed by atoms with E-state index >= 15 is 0 Å². The number of carbonyl (C=O) groups excluding carboxylic acids is 1. The van der Waals surface area contributed by atoms with Gasteiger partial charge < -0.3 is 18.9 Å². The highest BCUT2D eigenvalue weighted by molar-refractivity contribution is 5.74. The minimum Gasteiger partial charge on any atom is -0.491 e. The lowest BCUT2D eigenvalue weighted by atomic mass is 10.2. The summed E-state index contributed by atoms with van der Waals surface area (Å²) in [6.07, 6.45) is 0.790. The van der Waals surface area contributed by atoms with Crippen LogP contribution in [0.15, 0.2) is 29.4 Å². The van der Waals surface area contributed by atoms with Crippen LogP contribution in [0.5, 0.6) is 5.75 Å². The molecule has 0 heterocycles. The van der Waals surface area contributed by atoms with Crippen molar-refractivity contribution in [3.8, 4) is 5.75 Å². The molecule has 0 aliphatic carbocycles. The number of benzene rings is 1. The molecular weight excluding hydrogens is 302 g/mol. The van der Waals surface area contributed by atoms with Crippen molar-refractivity contribution in [1.29, 1.82) is 0 Å². The molecule has 8 nitrogen and oxygen atoms in total. The molecule has 0 fully saturated rings. The summed E-state index contributed by atoms with van der Waals surface area (Å²) in [5.74, 6) is 0.702. The molecule has 0 bridgehead atoms. The van der Waals surface area contributed by atoms with Gasteiger partial charge in [0.1, 0.15) is 18.6 Å². The van der Waals surface area contributed by atoms with Gasteiger partial charge in [-0.15, -0.1) is 0 Å². The van der Waals surface area contributed by atoms with E-state index in [0.717, 1.165) is 6.29 Å². The molecule has 0 radical (unpaired) electrons. The fourth-order valence-electron chi connectivity index (χ4n) is 1.55. The third-order valence-electron chi connectivity index (χ3n) is 2.66. The second kappa shape index (κ2) is 13.5. The van der Waals surface area contributed by atoms with E-state index in [2.05, 4.69) is 10.0 Å². The lowest BCUT2D eigenvalue weighted by molar-refractivity contribution is 0.0106. The molecule has 8 heteroatoms. The lowest BCUT2D eigenvalue weighted by Crippen LogP contribution is -2.13. The summed E-state index contributed by atoms with van der Waals surface area (Å²) in [5.41, 5.74) is 8.67. The Balaban J connectivity index is 1.86. The van der Waals surface area contributed by atoms with E-state index in [-0.39, 0.29) is 0 Å². The molecule has 0 saturated carbocycles. The predicted molar refractivity (Wildman–Crippen MR) is 83.8 cm³/mol. The highest BCUT2D eigenvalue weighted by Crippen LogP contribution is 2.10. The molecule has 0 aromatic heterocycles. The highest BCUT2D eigenvalue weighted by atomic mass is 16.6. The van der Waals surface area contributed by atoms with E-state index in [4.69, 9.17) is 24.5 Å². The zero-order chi connectivity index (χ0) is 16.6. The van der Waals surface area contributed by atoms with Crippen molar-refractivity contribution in [3.63, 3.8) is 0 Å². The SMILES string of the molecule is [N-]=[N+]=NCCOCCOCCOCCOc1ccc(C=O)cc1. The van der Waals surface area contributed by atoms with E-state index < -0.39 is 0 Å². The maximum absolute atomic E-state index is 10.5. The van der Waals surface area contributed by atoms with Crippen LogP contribution in [0.1, 0.15) is 10.4 Å². The van der Waals surface area contributed by atoms with Gasteiger partial charge >= 0.3 is 0 Å². The number of ether oxygens (including phenoxy) is 4. The Hall–Kier alpha value is -2.12. The molecule has 0 N–H and O–H groups in total. The Morgan fingerprint density at radius 3 is 2.04 bits per heavy atom. The van der Waals surface area contributed by atoms with Gasteiger partial charge in [0.15, 0.2) is 0 Å². The molecule has 0 amide bonds. The van der Waals surface area contributed by atoms with E-state index in [9.17, 15) is 4.79 Å². The van der Waals surface area contributed by atoms with E-state index in [1.807, 2.05) is 0 Å². The molecule has 126 valence electrons. The monoisotopic (exact) mass is 323 g/mol. The maximum atomic E-state index is 10.5. The zero-order valence-electron chi connectivity index (χ0n) is 12.9. The molecule has 1 rings (SSSR count). The summed E-state index contributed by atoms with van der Waals surface area (Å²) in [6.45, 7) is 3.51. The molecule has 0 aliphatic heterocycles. The average Bonchev–Trinajstić information content (AvgIpc) is 2.59. The van der Waals surface area contributed by atoms with E-state index in [1.54, 1.807) is 24.3 Å². The van der Waals surface area contributed by atoms with E-state index in [0.29, 0.717) is 64.1 Å². The van der Waals surface area contributed by atoms with Crippen molar-refractivity contribution in [1.82, 2.24) is 0 Å². The average molecular weight is 323 g/mol. The molecule has 0 unspecified atom stereocenters. The summed E-state index contributed by atoms with van der Waals surface area (Å²) in [6, 6.07) is 6.89. The number of hydrogen-bond donors (Lipinski definition) is 0. The van der Waals surface area contributed by atoms with E-state index in [1.165, 1.54) is 0 Å². The summed E-state index contributed by atoms with van der Waals surface area (Å²) < 4.78 is 21.3. The Kier molecular flexibility index (Phi) is 11.1. The second-order valence-corrected chi connectivity index (χ2v) is 4.33. The summed E-state index contributed by atoms with van der Waals surface area (Å²) in [4.78, 5) is 13.1. The largest absolute Gasteiger partial charge is 0.491 e. The fourth-order valence-corrected chi connectivity index (χ4v) is 1.55. The van der Waals surface area contributed by atoms with Crippen LogP contribution >= 0.6 is 0 Å². The van der Waals surface area contributed by atoms with Gasteiger partial charge in [-0.1, -0.05) is 5.11 Å². The van der Waals surface area contributed by atoms with Crippen LogP contribution in [-0.2, 0) is 14.2 Å². The molecule has 1 aromatic carbocycles. The molecule has 1 aromatic rings. The van der Waals surface area contributed by atoms with Gasteiger partial charge in [0.2, 0.25) is 0 Å². The van der Waals surface area contributed by atoms with Crippen molar-refractivity contribution in [2.75, 3.05) is 52.8 Å². The number of aldehydes is 1. The molecular formula is C15H21N3O5. The Morgan fingerprint density at radius 2 is 1.48 bits per heavy atom. The molecule has 0 spiro atoms. The van der Waals surface area contributed by atoms with Crippen molar-refractivity contribution in [2.24, 2.45) is 5.11 Å². The molecule has 0 aliphatic rings. The maximum Gasteiger partial charge on any atom is 0.150 e. The van der Waals surface area contributed by atoms with Crippen LogP contribution < -0.4 is 4.74 Å². The minimum atomic E-state index is 0.331. The first-order valence-electron chi connectivity index (χ1n) is 7.29. The molecule has 23 heavy (non-hydrogen) atoms. The van der Waals surface area contributed by atoms with Crippen LogP contribution in [0.3, 0.4) is 0 Å². The number of hydrogen-bond acceptors (Lipinski definition) is 6. The predicted octanol–water partition coefficient (Wildman–Crippen LogP) is 2.24.